The Bertz CT molecular complexity index is 353. The van der Waals surface area contributed by atoms with Crippen LogP contribution in [0.4, 0.5) is 0 Å². The first-order valence-electron chi connectivity index (χ1n) is 6.96. The van der Waals surface area contributed by atoms with Crippen molar-refractivity contribution in [3.63, 3.8) is 0 Å². The van der Waals surface area contributed by atoms with Crippen molar-refractivity contribution in [2.45, 2.75) is 72.1 Å². The van der Waals surface area contributed by atoms with Crippen molar-refractivity contribution in [3.8, 4) is 0 Å². The zero-order valence-electron chi connectivity index (χ0n) is 13.5. The summed E-state index contributed by atoms with van der Waals surface area (Å²) in [6, 6.07) is 0. The SMILES string of the molecule is CC(C)S(=O)(=O)NC(C)(C)CCCOCC(C)(C)C. The van der Waals surface area contributed by atoms with E-state index in [2.05, 4.69) is 25.5 Å². The highest BCUT2D eigenvalue weighted by molar-refractivity contribution is 7.90. The van der Waals surface area contributed by atoms with Crippen molar-refractivity contribution in [3.05, 3.63) is 0 Å². The number of ether oxygens (including phenoxy) is 1. The third-order valence-electron chi connectivity index (χ3n) is 2.66. The van der Waals surface area contributed by atoms with Gasteiger partial charge in [0.1, 0.15) is 0 Å². The second-order valence-corrected chi connectivity index (χ2v) is 9.53. The summed E-state index contributed by atoms with van der Waals surface area (Å²) >= 11 is 0. The normalized spacial score (nSPS) is 14.1. The maximum absolute atomic E-state index is 11.8. The van der Waals surface area contributed by atoms with Crippen LogP contribution in [0.1, 0.15) is 61.3 Å². The highest BCUT2D eigenvalue weighted by atomic mass is 32.2. The number of sulfonamides is 1. The summed E-state index contributed by atoms with van der Waals surface area (Å²) in [5, 5.41) is -0.399. The van der Waals surface area contributed by atoms with E-state index >= 15 is 0 Å². The van der Waals surface area contributed by atoms with Crippen molar-refractivity contribution in [1.82, 2.24) is 4.72 Å². The summed E-state index contributed by atoms with van der Waals surface area (Å²) in [5.74, 6) is 0. The summed E-state index contributed by atoms with van der Waals surface area (Å²) in [4.78, 5) is 0. The number of hydrogen-bond acceptors (Lipinski definition) is 3. The molecule has 19 heavy (non-hydrogen) atoms. The molecule has 0 radical (unpaired) electrons. The highest BCUT2D eigenvalue weighted by Gasteiger charge is 2.26. The third kappa shape index (κ3) is 9.41. The Hall–Kier alpha value is -0.130. The Balaban J connectivity index is 4.05. The van der Waals surface area contributed by atoms with Gasteiger partial charge in [-0.3, -0.25) is 0 Å². The van der Waals surface area contributed by atoms with E-state index in [1.54, 1.807) is 13.8 Å². The predicted molar refractivity (Wildman–Crippen MR) is 80.8 cm³/mol. The number of rotatable bonds is 8. The van der Waals surface area contributed by atoms with Crippen LogP contribution >= 0.6 is 0 Å². The second-order valence-electron chi connectivity index (χ2n) is 7.30. The Kier molecular flexibility index (Phi) is 7.00. The molecule has 0 spiro atoms. The lowest BCUT2D eigenvalue weighted by Gasteiger charge is -2.27. The van der Waals surface area contributed by atoms with Gasteiger partial charge < -0.3 is 4.74 Å². The fourth-order valence-corrected chi connectivity index (χ4v) is 2.66. The van der Waals surface area contributed by atoms with E-state index in [4.69, 9.17) is 4.74 Å². The topological polar surface area (TPSA) is 55.4 Å². The summed E-state index contributed by atoms with van der Waals surface area (Å²) < 4.78 is 32.0. The minimum absolute atomic E-state index is 0.175. The van der Waals surface area contributed by atoms with Crippen LogP contribution in [0.3, 0.4) is 0 Å². The molecule has 0 aromatic rings. The van der Waals surface area contributed by atoms with E-state index in [0.29, 0.717) is 6.61 Å². The quantitative estimate of drug-likeness (QED) is 0.700. The molecule has 0 aliphatic rings. The Labute approximate surface area is 119 Å². The Morgan fingerprint density at radius 3 is 2.05 bits per heavy atom. The van der Waals surface area contributed by atoms with Gasteiger partial charge in [-0.05, 0) is 46.0 Å². The molecule has 116 valence electrons. The minimum Gasteiger partial charge on any atom is -0.381 e. The molecule has 0 amide bonds. The van der Waals surface area contributed by atoms with Crippen LogP contribution in [-0.2, 0) is 14.8 Å². The first kappa shape index (κ1) is 18.9. The van der Waals surface area contributed by atoms with Gasteiger partial charge >= 0.3 is 0 Å². The van der Waals surface area contributed by atoms with E-state index in [9.17, 15) is 8.42 Å². The fourth-order valence-electron chi connectivity index (χ4n) is 1.55. The molecule has 0 saturated heterocycles. The molecule has 0 aromatic heterocycles. The molecule has 0 aromatic carbocycles. The van der Waals surface area contributed by atoms with Crippen LogP contribution in [-0.4, -0.2) is 32.4 Å². The molecule has 0 bridgehead atoms. The van der Waals surface area contributed by atoms with Crippen LogP contribution in [0.25, 0.3) is 0 Å². The van der Waals surface area contributed by atoms with Gasteiger partial charge in [0.05, 0.1) is 11.9 Å². The summed E-state index contributed by atoms with van der Waals surface area (Å²) in [6.45, 7) is 15.0. The minimum atomic E-state index is -3.21. The molecule has 0 unspecified atom stereocenters. The summed E-state index contributed by atoms with van der Waals surface area (Å²) in [5.41, 5.74) is -0.247. The molecule has 4 nitrogen and oxygen atoms in total. The molecule has 0 rings (SSSR count). The van der Waals surface area contributed by atoms with Crippen molar-refractivity contribution in [1.29, 1.82) is 0 Å². The molecule has 0 heterocycles. The predicted octanol–water partition coefficient (Wildman–Crippen LogP) is 2.94. The zero-order chi connectivity index (χ0) is 15.3. The lowest BCUT2D eigenvalue weighted by Crippen LogP contribution is -2.46. The van der Waals surface area contributed by atoms with Crippen LogP contribution in [0.2, 0.25) is 0 Å². The molecular formula is C14H31NO3S. The smallest absolute Gasteiger partial charge is 0.214 e. The van der Waals surface area contributed by atoms with Crippen molar-refractivity contribution < 1.29 is 13.2 Å². The third-order valence-corrected chi connectivity index (χ3v) is 4.74. The average Bonchev–Trinajstić information content (AvgIpc) is 2.12. The maximum Gasteiger partial charge on any atom is 0.214 e. The van der Waals surface area contributed by atoms with Crippen LogP contribution in [0.15, 0.2) is 0 Å². The standard InChI is InChI=1S/C14H31NO3S/c1-12(2)19(16,17)15-14(6,7)9-8-10-18-11-13(3,4)5/h12,15H,8-11H2,1-7H3. The van der Waals surface area contributed by atoms with E-state index in [1.165, 1.54) is 0 Å². The van der Waals surface area contributed by atoms with Gasteiger partial charge in [-0.1, -0.05) is 20.8 Å². The monoisotopic (exact) mass is 293 g/mol. The van der Waals surface area contributed by atoms with Gasteiger partial charge in [-0.2, -0.15) is 0 Å². The van der Waals surface area contributed by atoms with Crippen molar-refractivity contribution in [2.75, 3.05) is 13.2 Å². The molecule has 0 atom stereocenters. The fraction of sp³-hybridized carbons (Fsp3) is 1.00. The first-order chi connectivity index (χ1) is 8.36. The van der Waals surface area contributed by atoms with E-state index in [0.717, 1.165) is 19.4 Å². The van der Waals surface area contributed by atoms with Gasteiger partial charge in [0.2, 0.25) is 10.0 Å². The zero-order valence-corrected chi connectivity index (χ0v) is 14.4. The largest absolute Gasteiger partial charge is 0.381 e. The Morgan fingerprint density at radius 2 is 1.63 bits per heavy atom. The molecular weight excluding hydrogens is 262 g/mol. The van der Waals surface area contributed by atoms with E-state index in [-0.39, 0.29) is 5.41 Å². The summed E-state index contributed by atoms with van der Waals surface area (Å²) in [7, 11) is -3.21. The molecule has 0 saturated carbocycles. The van der Waals surface area contributed by atoms with Gasteiger partial charge in [0.15, 0.2) is 0 Å². The molecule has 5 heteroatoms. The van der Waals surface area contributed by atoms with Crippen LogP contribution in [0, 0.1) is 5.41 Å². The molecule has 0 fully saturated rings. The summed E-state index contributed by atoms with van der Waals surface area (Å²) in [6.07, 6.45) is 1.62. The van der Waals surface area contributed by atoms with Gasteiger partial charge in [0, 0.05) is 12.1 Å². The van der Waals surface area contributed by atoms with Crippen LogP contribution < -0.4 is 4.72 Å². The first-order valence-corrected chi connectivity index (χ1v) is 8.51. The van der Waals surface area contributed by atoms with E-state index < -0.39 is 20.8 Å². The Morgan fingerprint density at radius 1 is 1.11 bits per heavy atom. The molecule has 1 N–H and O–H groups in total. The second kappa shape index (κ2) is 7.04. The number of hydrogen-bond donors (Lipinski definition) is 1. The van der Waals surface area contributed by atoms with Crippen LogP contribution in [0.5, 0.6) is 0 Å². The van der Waals surface area contributed by atoms with Gasteiger partial charge in [-0.15, -0.1) is 0 Å². The van der Waals surface area contributed by atoms with Crippen molar-refractivity contribution >= 4 is 10.0 Å². The average molecular weight is 293 g/mol. The van der Waals surface area contributed by atoms with E-state index in [1.807, 2.05) is 13.8 Å². The molecule has 0 aliphatic carbocycles. The maximum atomic E-state index is 11.8. The lowest BCUT2D eigenvalue weighted by atomic mass is 9.98. The molecule has 0 aliphatic heterocycles. The lowest BCUT2D eigenvalue weighted by molar-refractivity contribution is 0.0663. The van der Waals surface area contributed by atoms with Crippen molar-refractivity contribution in [2.24, 2.45) is 5.41 Å². The number of nitrogens with one attached hydrogen (secondary N) is 1. The highest BCUT2D eigenvalue weighted by Crippen LogP contribution is 2.16. The van der Waals surface area contributed by atoms with Gasteiger partial charge in [0.25, 0.3) is 0 Å². The van der Waals surface area contributed by atoms with Gasteiger partial charge in [-0.25, -0.2) is 13.1 Å².